The van der Waals surface area contributed by atoms with Crippen LogP contribution in [0, 0.1) is 0 Å². The van der Waals surface area contributed by atoms with Crippen molar-refractivity contribution in [3.05, 3.63) is 101 Å². The number of aromatic nitrogens is 1. The second kappa shape index (κ2) is 10.5. The Labute approximate surface area is 183 Å². The number of carbonyl (C=O) groups excluding carboxylic acids is 1. The fraction of sp³-hybridized carbons (Fsp3) is 0.160. The summed E-state index contributed by atoms with van der Waals surface area (Å²) < 4.78 is 0. The van der Waals surface area contributed by atoms with Crippen LogP contribution < -0.4 is 10.6 Å². The normalized spacial score (nSPS) is 10.9. The van der Waals surface area contributed by atoms with E-state index in [1.807, 2.05) is 48.5 Å². The van der Waals surface area contributed by atoms with Gasteiger partial charge in [0.05, 0.1) is 0 Å². The minimum Gasteiger partial charge on any atom is -0.332 e. The number of nitrogens with zero attached hydrogens (tertiary/aromatic N) is 1. The van der Waals surface area contributed by atoms with E-state index >= 15 is 0 Å². The largest absolute Gasteiger partial charge is 0.332 e. The Morgan fingerprint density at radius 1 is 0.967 bits per heavy atom. The zero-order chi connectivity index (χ0) is 21.3. The van der Waals surface area contributed by atoms with Gasteiger partial charge in [-0.05, 0) is 77.2 Å². The van der Waals surface area contributed by atoms with Gasteiger partial charge >= 0.3 is 0 Å². The molecule has 5 heteroatoms. The van der Waals surface area contributed by atoms with E-state index < -0.39 is 0 Å². The standard InChI is InChI=1S/C25H25N3OS/c1-18(2)22-8-3-19(4-9-22)7-12-24(29)28-25(30)27-23-10-5-20(6-11-23)17-21-13-15-26-16-14-21/h3-16,18H,17H2,1-2H3,(H2,27,28,29,30)/b12-7+. The average molecular weight is 416 g/mol. The van der Waals surface area contributed by atoms with Crippen LogP contribution in [0.5, 0.6) is 0 Å². The summed E-state index contributed by atoms with van der Waals surface area (Å²) in [6.07, 6.45) is 7.68. The van der Waals surface area contributed by atoms with Crippen LogP contribution in [-0.4, -0.2) is 16.0 Å². The minimum absolute atomic E-state index is 0.265. The molecule has 0 spiro atoms. The molecule has 2 aromatic carbocycles. The Balaban J connectivity index is 1.49. The van der Waals surface area contributed by atoms with Crippen LogP contribution >= 0.6 is 12.2 Å². The third-order valence-corrected chi connectivity index (χ3v) is 4.84. The quantitative estimate of drug-likeness (QED) is 0.422. The number of benzene rings is 2. The van der Waals surface area contributed by atoms with E-state index in [1.54, 1.807) is 18.5 Å². The summed E-state index contributed by atoms with van der Waals surface area (Å²) in [5, 5.41) is 5.97. The molecule has 0 radical (unpaired) electrons. The highest BCUT2D eigenvalue weighted by atomic mass is 32.1. The van der Waals surface area contributed by atoms with Crippen molar-refractivity contribution in [3.8, 4) is 0 Å². The van der Waals surface area contributed by atoms with E-state index in [9.17, 15) is 4.79 Å². The van der Waals surface area contributed by atoms with Crippen LogP contribution in [0.2, 0.25) is 0 Å². The topological polar surface area (TPSA) is 54.0 Å². The van der Waals surface area contributed by atoms with Gasteiger partial charge in [0.2, 0.25) is 5.91 Å². The third kappa shape index (κ3) is 6.64. The maximum absolute atomic E-state index is 12.1. The van der Waals surface area contributed by atoms with Crippen LogP contribution in [0.15, 0.2) is 79.1 Å². The predicted molar refractivity (Wildman–Crippen MR) is 127 cm³/mol. The van der Waals surface area contributed by atoms with Gasteiger partial charge < -0.3 is 5.32 Å². The number of pyridine rings is 1. The number of thiocarbonyl (C=S) groups is 1. The van der Waals surface area contributed by atoms with Crippen molar-refractivity contribution in [2.75, 3.05) is 5.32 Å². The summed E-state index contributed by atoms with van der Waals surface area (Å²) in [7, 11) is 0. The van der Waals surface area contributed by atoms with Gasteiger partial charge in [0.1, 0.15) is 0 Å². The van der Waals surface area contributed by atoms with Crippen molar-refractivity contribution in [1.82, 2.24) is 10.3 Å². The first-order valence-corrected chi connectivity index (χ1v) is 10.3. The monoisotopic (exact) mass is 415 g/mol. The Kier molecular flexibility index (Phi) is 7.46. The first-order valence-electron chi connectivity index (χ1n) is 9.87. The molecule has 0 saturated heterocycles. The Bertz CT molecular complexity index is 1010. The Hall–Kier alpha value is -3.31. The lowest BCUT2D eigenvalue weighted by molar-refractivity contribution is -0.115. The summed E-state index contributed by atoms with van der Waals surface area (Å²) in [6.45, 7) is 4.31. The van der Waals surface area contributed by atoms with E-state index in [0.29, 0.717) is 5.92 Å². The minimum atomic E-state index is -0.269. The smallest absolute Gasteiger partial charge is 0.250 e. The fourth-order valence-electron chi connectivity index (χ4n) is 2.92. The predicted octanol–water partition coefficient (Wildman–Crippen LogP) is 5.32. The van der Waals surface area contributed by atoms with Gasteiger partial charge in [-0.2, -0.15) is 0 Å². The third-order valence-electron chi connectivity index (χ3n) is 4.64. The van der Waals surface area contributed by atoms with Crippen molar-refractivity contribution in [3.63, 3.8) is 0 Å². The molecule has 0 aliphatic carbocycles. The summed E-state index contributed by atoms with van der Waals surface area (Å²) in [6, 6.07) is 20.1. The molecule has 0 aliphatic rings. The number of carbonyl (C=O) groups is 1. The first-order chi connectivity index (χ1) is 14.5. The number of rotatable bonds is 6. The summed E-state index contributed by atoms with van der Waals surface area (Å²) in [5.41, 5.74) is 5.46. The molecule has 0 bridgehead atoms. The van der Waals surface area contributed by atoms with Crippen molar-refractivity contribution in [1.29, 1.82) is 0 Å². The first kappa shape index (κ1) is 21.4. The van der Waals surface area contributed by atoms with Crippen molar-refractivity contribution in [2.45, 2.75) is 26.2 Å². The Morgan fingerprint density at radius 2 is 1.60 bits per heavy atom. The molecule has 0 aliphatic heterocycles. The molecule has 30 heavy (non-hydrogen) atoms. The summed E-state index contributed by atoms with van der Waals surface area (Å²) >= 11 is 5.24. The summed E-state index contributed by atoms with van der Waals surface area (Å²) in [5.74, 6) is 0.217. The molecule has 0 fully saturated rings. The van der Waals surface area contributed by atoms with Gasteiger partial charge in [-0.1, -0.05) is 50.2 Å². The van der Waals surface area contributed by atoms with E-state index in [4.69, 9.17) is 12.2 Å². The van der Waals surface area contributed by atoms with Crippen molar-refractivity contribution in [2.24, 2.45) is 0 Å². The van der Waals surface area contributed by atoms with E-state index in [1.165, 1.54) is 22.8 Å². The molecule has 152 valence electrons. The van der Waals surface area contributed by atoms with E-state index in [2.05, 4.69) is 41.6 Å². The van der Waals surface area contributed by atoms with Crippen LogP contribution in [-0.2, 0) is 11.2 Å². The molecule has 3 rings (SSSR count). The highest BCUT2D eigenvalue weighted by Crippen LogP contribution is 2.15. The lowest BCUT2D eigenvalue weighted by Crippen LogP contribution is -2.32. The van der Waals surface area contributed by atoms with Crippen LogP contribution in [0.25, 0.3) is 6.08 Å². The number of hydrogen-bond acceptors (Lipinski definition) is 3. The second-order valence-corrected chi connectivity index (χ2v) is 7.74. The SMILES string of the molecule is CC(C)c1ccc(/C=C/C(=O)NC(=S)Nc2ccc(Cc3ccncc3)cc2)cc1. The molecule has 3 aromatic rings. The molecule has 1 aromatic heterocycles. The molecule has 4 nitrogen and oxygen atoms in total. The molecule has 0 saturated carbocycles. The van der Waals surface area contributed by atoms with Gasteiger partial charge in [0.25, 0.3) is 0 Å². The lowest BCUT2D eigenvalue weighted by atomic mass is 10.0. The molecular formula is C25H25N3OS. The van der Waals surface area contributed by atoms with Gasteiger partial charge in [-0.15, -0.1) is 0 Å². The van der Waals surface area contributed by atoms with Crippen molar-refractivity contribution < 1.29 is 4.79 Å². The number of nitrogens with one attached hydrogen (secondary N) is 2. The number of anilines is 1. The Morgan fingerprint density at radius 3 is 2.23 bits per heavy atom. The van der Waals surface area contributed by atoms with Gasteiger partial charge in [0.15, 0.2) is 5.11 Å². The molecule has 0 unspecified atom stereocenters. The highest BCUT2D eigenvalue weighted by molar-refractivity contribution is 7.80. The zero-order valence-electron chi connectivity index (χ0n) is 17.1. The highest BCUT2D eigenvalue weighted by Gasteiger charge is 2.03. The zero-order valence-corrected chi connectivity index (χ0v) is 17.9. The maximum Gasteiger partial charge on any atom is 0.250 e. The van der Waals surface area contributed by atoms with Gasteiger partial charge in [-0.3, -0.25) is 15.1 Å². The fourth-order valence-corrected chi connectivity index (χ4v) is 3.14. The number of hydrogen-bond donors (Lipinski definition) is 2. The van der Waals surface area contributed by atoms with Crippen molar-refractivity contribution >= 4 is 35.0 Å². The number of amides is 1. The molecule has 1 heterocycles. The van der Waals surface area contributed by atoms with Crippen LogP contribution in [0.3, 0.4) is 0 Å². The maximum atomic E-state index is 12.1. The van der Waals surface area contributed by atoms with Crippen LogP contribution in [0.4, 0.5) is 5.69 Å². The van der Waals surface area contributed by atoms with Gasteiger partial charge in [-0.25, -0.2) is 0 Å². The summed E-state index contributed by atoms with van der Waals surface area (Å²) in [4.78, 5) is 16.2. The lowest BCUT2D eigenvalue weighted by Gasteiger charge is -2.09. The average Bonchev–Trinajstić information content (AvgIpc) is 2.74. The van der Waals surface area contributed by atoms with E-state index in [0.717, 1.165) is 17.7 Å². The molecular weight excluding hydrogens is 390 g/mol. The molecule has 2 N–H and O–H groups in total. The second-order valence-electron chi connectivity index (χ2n) is 7.33. The molecule has 1 amide bonds. The molecule has 0 atom stereocenters. The van der Waals surface area contributed by atoms with Gasteiger partial charge in [0, 0.05) is 24.2 Å². The van der Waals surface area contributed by atoms with E-state index in [-0.39, 0.29) is 11.0 Å². The van der Waals surface area contributed by atoms with Crippen LogP contribution in [0.1, 0.15) is 42.0 Å².